The SMILES string of the molecule is Cl.Cl.Cl.[Cl-].[Cl-].[Cl-].[K+].[K+].[K+]. The Hall–Kier alpha value is 6.65. The molecule has 0 saturated carbocycles. The molecule has 0 rings (SSSR count). The third-order valence-electron chi connectivity index (χ3n) is 0. The van der Waals surface area contributed by atoms with Crippen LogP contribution in [0.5, 0.6) is 0 Å². The zero-order valence-electron chi connectivity index (χ0n) is 5.36. The fourth-order valence-electron chi connectivity index (χ4n) is 0. The van der Waals surface area contributed by atoms with Crippen LogP contribution in [0.4, 0.5) is 0 Å². The van der Waals surface area contributed by atoms with E-state index >= 15 is 0 Å². The van der Waals surface area contributed by atoms with Crippen molar-refractivity contribution in [2.75, 3.05) is 0 Å². The molecule has 0 aliphatic heterocycles. The molecule has 48 valence electrons. The monoisotopic (exact) mass is 330 g/mol. The minimum absolute atomic E-state index is 0. The van der Waals surface area contributed by atoms with E-state index in [1.807, 2.05) is 0 Å². The molecule has 0 heterocycles. The molecule has 9 heavy (non-hydrogen) atoms. The van der Waals surface area contributed by atoms with Gasteiger partial charge in [-0.05, 0) is 0 Å². The Morgan fingerprint density at radius 3 is 0.333 bits per heavy atom. The quantitative estimate of drug-likeness (QED) is 0.387. The summed E-state index contributed by atoms with van der Waals surface area (Å²) in [6, 6.07) is 0. The maximum atomic E-state index is 0. The predicted octanol–water partition coefficient (Wildman–Crippen LogP) is -16.7. The predicted molar refractivity (Wildman–Crippen MR) is 21.7 cm³/mol. The minimum atomic E-state index is 0. The van der Waals surface area contributed by atoms with Gasteiger partial charge in [0.2, 0.25) is 0 Å². The second kappa shape index (κ2) is 61.7. The summed E-state index contributed by atoms with van der Waals surface area (Å²) in [5.74, 6) is 0. The molecule has 0 spiro atoms. The van der Waals surface area contributed by atoms with Crippen LogP contribution in [0.2, 0.25) is 0 Å². The van der Waals surface area contributed by atoms with E-state index < -0.39 is 0 Å². The molecule has 0 aromatic heterocycles. The fraction of sp³-hybridized carbons (Fsp3) is 0. The van der Waals surface area contributed by atoms with Crippen LogP contribution in [0.25, 0.3) is 0 Å². The van der Waals surface area contributed by atoms with Crippen molar-refractivity contribution in [1.29, 1.82) is 0 Å². The first-order valence-corrected chi connectivity index (χ1v) is 0. The summed E-state index contributed by atoms with van der Waals surface area (Å²) in [6.07, 6.45) is 0. The van der Waals surface area contributed by atoms with E-state index in [9.17, 15) is 0 Å². The Balaban J connectivity index is 0. The van der Waals surface area contributed by atoms with Gasteiger partial charge >= 0.3 is 154 Å². The van der Waals surface area contributed by atoms with Crippen molar-refractivity contribution < 1.29 is 191 Å². The molecule has 0 amide bonds. The van der Waals surface area contributed by atoms with Crippen molar-refractivity contribution in [3.63, 3.8) is 0 Å². The van der Waals surface area contributed by atoms with Gasteiger partial charge in [0.05, 0.1) is 0 Å². The second-order valence-corrected chi connectivity index (χ2v) is 0. The molecule has 9 heteroatoms. The first-order chi connectivity index (χ1) is 0. The summed E-state index contributed by atoms with van der Waals surface area (Å²) in [6.45, 7) is 0. The first kappa shape index (κ1) is 76.0. The average molecular weight is 333 g/mol. The van der Waals surface area contributed by atoms with Gasteiger partial charge in [0.25, 0.3) is 0 Å². The Kier molecular flexibility index (Phi) is 521. The van der Waals surface area contributed by atoms with Gasteiger partial charge in [-0.2, -0.15) is 0 Å². The van der Waals surface area contributed by atoms with Gasteiger partial charge in [-0.15, -0.1) is 37.2 Å². The molecular formula is H3Cl6K3. The number of rotatable bonds is 0. The molecule has 0 unspecified atom stereocenters. The molecule has 0 aliphatic carbocycles. The molecule has 0 N–H and O–H groups in total. The van der Waals surface area contributed by atoms with E-state index in [0.717, 1.165) is 0 Å². The van der Waals surface area contributed by atoms with E-state index in [1.165, 1.54) is 0 Å². The van der Waals surface area contributed by atoms with Crippen LogP contribution in [0.15, 0.2) is 0 Å². The van der Waals surface area contributed by atoms with E-state index in [4.69, 9.17) is 0 Å². The molecule has 0 nitrogen and oxygen atoms in total. The Bertz CT molecular complexity index is 8.26. The van der Waals surface area contributed by atoms with Crippen LogP contribution >= 0.6 is 37.2 Å². The number of hydrogen-bond donors (Lipinski definition) is 0. The van der Waals surface area contributed by atoms with Gasteiger partial charge in [-0.25, -0.2) is 0 Å². The molecule has 0 saturated heterocycles. The number of hydrogen-bond acceptors (Lipinski definition) is 0. The third-order valence-corrected chi connectivity index (χ3v) is 0. The van der Waals surface area contributed by atoms with Gasteiger partial charge in [0, 0.05) is 0 Å². The fourth-order valence-corrected chi connectivity index (χ4v) is 0. The van der Waals surface area contributed by atoms with Gasteiger partial charge in [0.15, 0.2) is 0 Å². The average Bonchev–Trinajstić information content (AvgIpc) is 0. The normalized spacial score (nSPS) is 0. The van der Waals surface area contributed by atoms with Gasteiger partial charge in [0.1, 0.15) is 0 Å². The smallest absolute Gasteiger partial charge is 1.00 e. The molecule has 0 aromatic rings. The topological polar surface area (TPSA) is 0 Å². The zero-order valence-corrected chi connectivity index (χ0v) is 19.4. The van der Waals surface area contributed by atoms with E-state index in [2.05, 4.69) is 0 Å². The van der Waals surface area contributed by atoms with E-state index in [0.29, 0.717) is 0 Å². The minimum Gasteiger partial charge on any atom is -1.00 e. The van der Waals surface area contributed by atoms with Crippen molar-refractivity contribution in [3.8, 4) is 0 Å². The van der Waals surface area contributed by atoms with Crippen molar-refractivity contribution >= 4 is 37.2 Å². The summed E-state index contributed by atoms with van der Waals surface area (Å²) < 4.78 is 0. The van der Waals surface area contributed by atoms with Crippen LogP contribution in [-0.2, 0) is 0 Å². The Labute approximate surface area is 221 Å². The molecule has 0 bridgehead atoms. The maximum absolute atomic E-state index is 0. The van der Waals surface area contributed by atoms with Crippen LogP contribution in [0.1, 0.15) is 0 Å². The van der Waals surface area contributed by atoms with Crippen LogP contribution in [0.3, 0.4) is 0 Å². The van der Waals surface area contributed by atoms with Gasteiger partial charge in [-0.3, -0.25) is 0 Å². The van der Waals surface area contributed by atoms with Crippen molar-refractivity contribution in [2.24, 2.45) is 0 Å². The van der Waals surface area contributed by atoms with Gasteiger partial charge in [-0.1, -0.05) is 0 Å². The van der Waals surface area contributed by atoms with Crippen molar-refractivity contribution in [3.05, 3.63) is 0 Å². The second-order valence-electron chi connectivity index (χ2n) is 0. The molecule has 0 radical (unpaired) electrons. The standard InChI is InChI=1S/6ClH.3K/h6*1H;;;/q;;;;;;3*+1/p-3. The molecule has 0 aliphatic rings. The number of halogens is 6. The Morgan fingerprint density at radius 1 is 0.333 bits per heavy atom. The van der Waals surface area contributed by atoms with E-state index in [1.54, 1.807) is 0 Å². The van der Waals surface area contributed by atoms with Crippen LogP contribution in [0, 0.1) is 0 Å². The summed E-state index contributed by atoms with van der Waals surface area (Å²) in [4.78, 5) is 0. The molecular weight excluding hydrogens is 330 g/mol. The van der Waals surface area contributed by atoms with Crippen LogP contribution < -0.4 is 191 Å². The molecule has 0 atom stereocenters. The largest absolute Gasteiger partial charge is 1.00 e. The van der Waals surface area contributed by atoms with Crippen molar-refractivity contribution in [1.82, 2.24) is 0 Å². The maximum Gasteiger partial charge on any atom is 1.00 e. The summed E-state index contributed by atoms with van der Waals surface area (Å²) in [7, 11) is 0. The van der Waals surface area contributed by atoms with Crippen LogP contribution in [-0.4, -0.2) is 0 Å². The summed E-state index contributed by atoms with van der Waals surface area (Å²) in [5, 5.41) is 0. The molecule has 0 aromatic carbocycles. The van der Waals surface area contributed by atoms with Gasteiger partial charge < -0.3 is 37.2 Å². The summed E-state index contributed by atoms with van der Waals surface area (Å²) in [5.41, 5.74) is 0. The first-order valence-electron chi connectivity index (χ1n) is 0. The zero-order chi connectivity index (χ0) is 0. The Morgan fingerprint density at radius 2 is 0.333 bits per heavy atom. The summed E-state index contributed by atoms with van der Waals surface area (Å²) >= 11 is 0. The third kappa shape index (κ3) is 53.0. The van der Waals surface area contributed by atoms with E-state index in [-0.39, 0.29) is 229 Å². The molecule has 0 fully saturated rings. The van der Waals surface area contributed by atoms with Crippen molar-refractivity contribution in [2.45, 2.75) is 0 Å².